The number of aliphatic hydroxyl groups excluding tert-OH is 1. The van der Waals surface area contributed by atoms with Crippen molar-refractivity contribution in [3.05, 3.63) is 71.7 Å². The van der Waals surface area contributed by atoms with Crippen molar-refractivity contribution in [1.82, 2.24) is 4.98 Å². The molecule has 2 aromatic carbocycles. The van der Waals surface area contributed by atoms with Gasteiger partial charge in [-0.05, 0) is 36.6 Å². The average molecular weight is 364 g/mol. The fraction of sp³-hybridized carbons (Fsp3) is 0.273. The molecule has 4 rings (SSSR count). The number of fused-ring (bicyclic) bond motifs is 1. The van der Waals surface area contributed by atoms with Crippen LogP contribution >= 0.6 is 0 Å². The van der Waals surface area contributed by atoms with Crippen molar-refractivity contribution in [3.8, 4) is 0 Å². The summed E-state index contributed by atoms with van der Waals surface area (Å²) >= 11 is 0. The van der Waals surface area contributed by atoms with Crippen molar-refractivity contribution in [2.24, 2.45) is 0 Å². The molecular formula is C22H21FN2O2. The van der Waals surface area contributed by atoms with E-state index < -0.39 is 0 Å². The van der Waals surface area contributed by atoms with Crippen LogP contribution in [0.15, 0.2) is 54.7 Å². The standard InChI is InChI=1S/C22H21FN2O2/c23-18-6-7-20-19(12-18)21(16(14-26)13-24-20)25-10-8-22(15-27,9-11-25)17-4-2-1-3-5-17/h1-7,12-14,27H,8-11,15H2. The highest BCUT2D eigenvalue weighted by Gasteiger charge is 2.36. The van der Waals surface area contributed by atoms with Gasteiger partial charge in [0.05, 0.1) is 23.4 Å². The number of piperidine rings is 1. The first-order valence-electron chi connectivity index (χ1n) is 9.12. The van der Waals surface area contributed by atoms with E-state index in [0.29, 0.717) is 29.6 Å². The number of aliphatic hydroxyl groups is 1. The van der Waals surface area contributed by atoms with Gasteiger partial charge in [0.2, 0.25) is 0 Å². The van der Waals surface area contributed by atoms with Gasteiger partial charge in [-0.15, -0.1) is 0 Å². The minimum atomic E-state index is -0.348. The summed E-state index contributed by atoms with van der Waals surface area (Å²) in [6, 6.07) is 14.5. The normalized spacial score (nSPS) is 16.4. The number of carbonyl (C=O) groups excluding carboxylic acids is 1. The van der Waals surface area contributed by atoms with E-state index in [0.717, 1.165) is 30.4 Å². The van der Waals surface area contributed by atoms with E-state index in [4.69, 9.17) is 0 Å². The average Bonchev–Trinajstić information content (AvgIpc) is 2.73. The summed E-state index contributed by atoms with van der Waals surface area (Å²) in [5.74, 6) is -0.348. The van der Waals surface area contributed by atoms with E-state index in [1.54, 1.807) is 12.3 Å². The molecule has 27 heavy (non-hydrogen) atoms. The Morgan fingerprint density at radius 1 is 1.15 bits per heavy atom. The van der Waals surface area contributed by atoms with Crippen molar-refractivity contribution in [1.29, 1.82) is 0 Å². The lowest BCUT2D eigenvalue weighted by atomic mass is 9.73. The van der Waals surface area contributed by atoms with Gasteiger partial charge in [0.25, 0.3) is 0 Å². The number of aldehydes is 1. The van der Waals surface area contributed by atoms with Gasteiger partial charge in [0, 0.05) is 30.1 Å². The van der Waals surface area contributed by atoms with E-state index >= 15 is 0 Å². The van der Waals surface area contributed by atoms with Crippen molar-refractivity contribution in [2.45, 2.75) is 18.3 Å². The fourth-order valence-corrected chi connectivity index (χ4v) is 4.09. The molecular weight excluding hydrogens is 343 g/mol. The first-order valence-corrected chi connectivity index (χ1v) is 9.12. The largest absolute Gasteiger partial charge is 0.395 e. The lowest BCUT2D eigenvalue weighted by molar-refractivity contribution is 0.112. The summed E-state index contributed by atoms with van der Waals surface area (Å²) in [4.78, 5) is 18.0. The number of aromatic nitrogens is 1. The predicted molar refractivity (Wildman–Crippen MR) is 104 cm³/mol. The molecule has 2 heterocycles. The number of nitrogens with zero attached hydrogens (tertiary/aromatic N) is 2. The second kappa shape index (κ2) is 7.08. The molecule has 138 valence electrons. The maximum Gasteiger partial charge on any atom is 0.153 e. The minimum Gasteiger partial charge on any atom is -0.395 e. The van der Waals surface area contributed by atoms with E-state index in [2.05, 4.69) is 22.0 Å². The maximum absolute atomic E-state index is 13.9. The van der Waals surface area contributed by atoms with Crippen LogP contribution in [0.5, 0.6) is 0 Å². The monoisotopic (exact) mass is 364 g/mol. The van der Waals surface area contributed by atoms with E-state index in [9.17, 15) is 14.3 Å². The van der Waals surface area contributed by atoms with Crippen molar-refractivity contribution in [3.63, 3.8) is 0 Å². The Balaban J connectivity index is 1.71. The van der Waals surface area contributed by atoms with Crippen LogP contribution in [0.2, 0.25) is 0 Å². The predicted octanol–water partition coefficient (Wildman–Crippen LogP) is 3.72. The maximum atomic E-state index is 13.9. The van der Waals surface area contributed by atoms with Gasteiger partial charge in [0.1, 0.15) is 5.82 Å². The van der Waals surface area contributed by atoms with Crippen LogP contribution in [0.4, 0.5) is 10.1 Å². The molecule has 1 fully saturated rings. The van der Waals surface area contributed by atoms with Gasteiger partial charge in [-0.3, -0.25) is 9.78 Å². The van der Waals surface area contributed by atoms with Gasteiger partial charge in [0.15, 0.2) is 6.29 Å². The van der Waals surface area contributed by atoms with Gasteiger partial charge < -0.3 is 10.0 Å². The zero-order chi connectivity index (χ0) is 18.9. The van der Waals surface area contributed by atoms with Crippen LogP contribution in [-0.4, -0.2) is 36.1 Å². The molecule has 0 radical (unpaired) electrons. The highest BCUT2D eigenvalue weighted by Crippen LogP contribution is 2.39. The number of carbonyl (C=O) groups is 1. The number of hydrogen-bond acceptors (Lipinski definition) is 4. The number of hydrogen-bond donors (Lipinski definition) is 1. The Kier molecular flexibility index (Phi) is 4.62. The van der Waals surface area contributed by atoms with Crippen LogP contribution in [0.3, 0.4) is 0 Å². The van der Waals surface area contributed by atoms with Gasteiger partial charge in [-0.1, -0.05) is 30.3 Å². The van der Waals surface area contributed by atoms with E-state index in [-0.39, 0.29) is 17.8 Å². The highest BCUT2D eigenvalue weighted by atomic mass is 19.1. The lowest BCUT2D eigenvalue weighted by Crippen LogP contribution is -2.45. The van der Waals surface area contributed by atoms with Gasteiger partial charge in [-0.25, -0.2) is 4.39 Å². The fourth-order valence-electron chi connectivity index (χ4n) is 4.09. The number of pyridine rings is 1. The molecule has 0 amide bonds. The molecule has 0 aliphatic carbocycles. The molecule has 1 saturated heterocycles. The van der Waals surface area contributed by atoms with Gasteiger partial charge in [-0.2, -0.15) is 0 Å². The Morgan fingerprint density at radius 3 is 2.56 bits per heavy atom. The Hall–Kier alpha value is -2.79. The van der Waals surface area contributed by atoms with Crippen molar-refractivity contribution in [2.75, 3.05) is 24.6 Å². The number of rotatable bonds is 4. The lowest BCUT2D eigenvalue weighted by Gasteiger charge is -2.42. The third-order valence-electron chi connectivity index (χ3n) is 5.68. The molecule has 3 aromatic rings. The third kappa shape index (κ3) is 3.08. The summed E-state index contributed by atoms with van der Waals surface area (Å²) < 4.78 is 13.9. The Morgan fingerprint density at radius 2 is 1.89 bits per heavy atom. The Bertz CT molecular complexity index is 967. The molecule has 1 N–H and O–H groups in total. The van der Waals surface area contributed by atoms with Crippen LogP contribution < -0.4 is 4.90 Å². The zero-order valence-corrected chi connectivity index (χ0v) is 14.9. The van der Waals surface area contributed by atoms with E-state index in [1.165, 1.54) is 12.1 Å². The molecule has 1 aromatic heterocycles. The third-order valence-corrected chi connectivity index (χ3v) is 5.68. The number of anilines is 1. The quantitative estimate of drug-likeness (QED) is 0.717. The van der Waals surface area contributed by atoms with Crippen LogP contribution in [0.1, 0.15) is 28.8 Å². The molecule has 1 aliphatic heterocycles. The molecule has 0 bridgehead atoms. The molecule has 0 spiro atoms. The van der Waals surface area contributed by atoms with Crippen LogP contribution in [0, 0.1) is 5.82 Å². The SMILES string of the molecule is O=Cc1cnc2ccc(F)cc2c1N1CCC(CO)(c2ccccc2)CC1. The van der Waals surface area contributed by atoms with Crippen LogP contribution in [0.25, 0.3) is 10.9 Å². The van der Waals surface area contributed by atoms with Crippen molar-refractivity contribution >= 4 is 22.9 Å². The summed E-state index contributed by atoms with van der Waals surface area (Å²) in [7, 11) is 0. The summed E-state index contributed by atoms with van der Waals surface area (Å²) in [5, 5.41) is 10.8. The van der Waals surface area contributed by atoms with Gasteiger partial charge >= 0.3 is 0 Å². The summed E-state index contributed by atoms with van der Waals surface area (Å²) in [5.41, 5.74) is 2.71. The second-order valence-corrected chi connectivity index (χ2v) is 7.13. The van der Waals surface area contributed by atoms with Crippen LogP contribution in [-0.2, 0) is 5.41 Å². The molecule has 0 unspecified atom stereocenters. The Labute approximate surface area is 157 Å². The topological polar surface area (TPSA) is 53.4 Å². The smallest absolute Gasteiger partial charge is 0.153 e. The molecule has 4 nitrogen and oxygen atoms in total. The first-order chi connectivity index (χ1) is 13.2. The number of halogens is 1. The first kappa shape index (κ1) is 17.6. The summed E-state index contributed by atoms with van der Waals surface area (Å²) in [6.45, 7) is 1.43. The molecule has 1 aliphatic rings. The number of benzene rings is 2. The molecule has 0 saturated carbocycles. The second-order valence-electron chi connectivity index (χ2n) is 7.13. The van der Waals surface area contributed by atoms with E-state index in [1.807, 2.05) is 18.2 Å². The summed E-state index contributed by atoms with van der Waals surface area (Å²) in [6.07, 6.45) is 3.83. The van der Waals surface area contributed by atoms with Crippen molar-refractivity contribution < 1.29 is 14.3 Å². The minimum absolute atomic E-state index is 0.0805. The molecule has 5 heteroatoms. The molecule has 0 atom stereocenters. The zero-order valence-electron chi connectivity index (χ0n) is 14.9. The highest BCUT2D eigenvalue weighted by molar-refractivity contribution is 6.00.